The molecule has 4 aliphatic rings. The fourth-order valence-electron chi connectivity index (χ4n) is 3.61. The Hall–Kier alpha value is -0.0800. The number of nitrogens with one attached hydrogen (secondary N) is 1. The van der Waals surface area contributed by atoms with Crippen LogP contribution in [0.25, 0.3) is 0 Å². The number of fused-ring (bicyclic) bond motifs is 1. The molecule has 0 aromatic rings. The molecule has 74 valence electrons. The Morgan fingerprint density at radius 1 is 1.31 bits per heavy atom. The van der Waals surface area contributed by atoms with Crippen molar-refractivity contribution >= 4 is 0 Å². The van der Waals surface area contributed by atoms with Crippen LogP contribution in [0.5, 0.6) is 0 Å². The highest BCUT2D eigenvalue weighted by Crippen LogP contribution is 2.52. The highest BCUT2D eigenvalue weighted by molar-refractivity contribution is 5.09. The van der Waals surface area contributed by atoms with E-state index >= 15 is 0 Å². The average Bonchev–Trinajstić information content (AvgIpc) is 2.65. The van der Waals surface area contributed by atoms with Gasteiger partial charge < -0.3 is 10.2 Å². The van der Waals surface area contributed by atoms with E-state index in [1.54, 1.807) is 0 Å². The van der Waals surface area contributed by atoms with Crippen molar-refractivity contribution in [2.75, 3.05) is 20.1 Å². The standard InChI is InChI=1S/C11H20N2/c1-13-5-3-10(8-13)12-11-4-2-9(6-11)7-11/h9-10,12H,2-8H2,1H3/t9?,10-,11?/m0/s1. The molecule has 3 aliphatic carbocycles. The number of hydrogen-bond acceptors (Lipinski definition) is 2. The molecule has 0 radical (unpaired) electrons. The summed E-state index contributed by atoms with van der Waals surface area (Å²) in [6.45, 7) is 2.56. The molecule has 2 nitrogen and oxygen atoms in total. The average molecular weight is 180 g/mol. The molecule has 4 rings (SSSR count). The summed E-state index contributed by atoms with van der Waals surface area (Å²) in [6, 6.07) is 0.795. The summed E-state index contributed by atoms with van der Waals surface area (Å²) < 4.78 is 0. The fourth-order valence-corrected chi connectivity index (χ4v) is 3.61. The van der Waals surface area contributed by atoms with Gasteiger partial charge in [-0.25, -0.2) is 0 Å². The van der Waals surface area contributed by atoms with Gasteiger partial charge in [0.25, 0.3) is 0 Å². The van der Waals surface area contributed by atoms with Crippen molar-refractivity contribution in [2.45, 2.75) is 43.7 Å². The summed E-state index contributed by atoms with van der Waals surface area (Å²) in [6.07, 6.45) is 7.27. The second-order valence-corrected chi connectivity index (χ2v) is 5.49. The van der Waals surface area contributed by atoms with Crippen LogP contribution in [0.3, 0.4) is 0 Å². The molecule has 13 heavy (non-hydrogen) atoms. The summed E-state index contributed by atoms with van der Waals surface area (Å²) in [5.74, 6) is 1.09. The van der Waals surface area contributed by atoms with Crippen molar-refractivity contribution in [3.63, 3.8) is 0 Å². The van der Waals surface area contributed by atoms with Gasteiger partial charge in [-0.05, 0) is 51.6 Å². The lowest BCUT2D eigenvalue weighted by molar-refractivity contribution is 0.170. The number of nitrogens with zero attached hydrogens (tertiary/aromatic N) is 1. The monoisotopic (exact) mass is 180 g/mol. The molecule has 2 heteroatoms. The lowest BCUT2D eigenvalue weighted by Gasteiger charge is -2.41. The Balaban J connectivity index is 1.57. The maximum atomic E-state index is 3.91. The molecule has 0 spiro atoms. The highest BCUT2D eigenvalue weighted by Gasteiger charge is 2.50. The first-order chi connectivity index (χ1) is 6.26. The van der Waals surface area contributed by atoms with E-state index in [0.717, 1.165) is 12.0 Å². The van der Waals surface area contributed by atoms with Gasteiger partial charge in [-0.1, -0.05) is 0 Å². The SMILES string of the molecule is CN1CC[C@H](NC23CCC(C2)C3)C1. The third-order valence-corrected chi connectivity index (χ3v) is 4.29. The fraction of sp³-hybridized carbons (Fsp3) is 1.00. The van der Waals surface area contributed by atoms with E-state index in [1.807, 2.05) is 0 Å². The van der Waals surface area contributed by atoms with Crippen LogP contribution in [-0.2, 0) is 0 Å². The molecule has 1 N–H and O–H groups in total. The lowest BCUT2D eigenvalue weighted by Crippen LogP contribution is -2.54. The van der Waals surface area contributed by atoms with E-state index in [1.165, 1.54) is 45.2 Å². The zero-order chi connectivity index (χ0) is 8.89. The molecule has 0 aromatic carbocycles. The van der Waals surface area contributed by atoms with Gasteiger partial charge in [-0.2, -0.15) is 0 Å². The molecular formula is C11H20N2. The predicted octanol–water partition coefficient (Wildman–Crippen LogP) is 1.22. The Bertz CT molecular complexity index is 203. The van der Waals surface area contributed by atoms with Crippen molar-refractivity contribution in [1.29, 1.82) is 0 Å². The Labute approximate surface area is 80.7 Å². The third-order valence-electron chi connectivity index (χ3n) is 4.29. The minimum atomic E-state index is 0.612. The van der Waals surface area contributed by atoms with Crippen LogP contribution in [0, 0.1) is 5.92 Å². The minimum absolute atomic E-state index is 0.612. The molecule has 4 fully saturated rings. The van der Waals surface area contributed by atoms with Gasteiger partial charge >= 0.3 is 0 Å². The number of hydrogen-bond donors (Lipinski definition) is 1. The second-order valence-electron chi connectivity index (χ2n) is 5.49. The summed E-state index contributed by atoms with van der Waals surface area (Å²) in [7, 11) is 2.23. The van der Waals surface area contributed by atoms with Crippen molar-refractivity contribution in [3.05, 3.63) is 0 Å². The van der Waals surface area contributed by atoms with Gasteiger partial charge in [-0.3, -0.25) is 0 Å². The highest BCUT2D eigenvalue weighted by atomic mass is 15.2. The predicted molar refractivity (Wildman–Crippen MR) is 53.7 cm³/mol. The van der Waals surface area contributed by atoms with E-state index in [9.17, 15) is 0 Å². The van der Waals surface area contributed by atoms with Crippen molar-refractivity contribution in [2.24, 2.45) is 5.92 Å². The first kappa shape index (κ1) is 8.25. The van der Waals surface area contributed by atoms with Gasteiger partial charge in [0.05, 0.1) is 0 Å². The molecule has 0 unspecified atom stereocenters. The molecule has 3 saturated carbocycles. The van der Waals surface area contributed by atoms with Gasteiger partial charge in [0, 0.05) is 18.1 Å². The normalized spacial score (nSPS) is 49.6. The quantitative estimate of drug-likeness (QED) is 0.687. The smallest absolute Gasteiger partial charge is 0.0212 e. The molecule has 1 atom stereocenters. The first-order valence-electron chi connectivity index (χ1n) is 5.72. The summed E-state index contributed by atoms with van der Waals surface area (Å²) in [5.41, 5.74) is 0.612. The van der Waals surface area contributed by atoms with Crippen LogP contribution in [-0.4, -0.2) is 36.6 Å². The Morgan fingerprint density at radius 2 is 2.15 bits per heavy atom. The van der Waals surface area contributed by atoms with Crippen molar-refractivity contribution in [3.8, 4) is 0 Å². The third kappa shape index (κ3) is 1.31. The van der Waals surface area contributed by atoms with E-state index in [2.05, 4.69) is 17.3 Å². The van der Waals surface area contributed by atoms with E-state index in [4.69, 9.17) is 0 Å². The number of likely N-dealkylation sites (N-methyl/N-ethyl adjacent to an activating group) is 1. The van der Waals surface area contributed by atoms with E-state index in [0.29, 0.717) is 5.54 Å². The first-order valence-corrected chi connectivity index (χ1v) is 5.72. The van der Waals surface area contributed by atoms with Gasteiger partial charge in [0.2, 0.25) is 0 Å². The Kier molecular flexibility index (Phi) is 1.72. The number of rotatable bonds is 2. The zero-order valence-electron chi connectivity index (χ0n) is 8.55. The molecule has 0 aromatic heterocycles. The van der Waals surface area contributed by atoms with Crippen LogP contribution in [0.15, 0.2) is 0 Å². The molecule has 2 bridgehead atoms. The van der Waals surface area contributed by atoms with E-state index < -0.39 is 0 Å². The van der Waals surface area contributed by atoms with Crippen LogP contribution in [0.4, 0.5) is 0 Å². The molecular weight excluding hydrogens is 160 g/mol. The van der Waals surface area contributed by atoms with Crippen LogP contribution >= 0.6 is 0 Å². The molecule has 0 amide bonds. The summed E-state index contributed by atoms with van der Waals surface area (Å²) >= 11 is 0. The molecule has 1 aliphatic heterocycles. The van der Waals surface area contributed by atoms with Crippen LogP contribution < -0.4 is 5.32 Å². The molecule has 1 heterocycles. The topological polar surface area (TPSA) is 15.3 Å². The largest absolute Gasteiger partial charge is 0.307 e. The van der Waals surface area contributed by atoms with Crippen LogP contribution in [0.2, 0.25) is 0 Å². The van der Waals surface area contributed by atoms with Gasteiger partial charge in [0.15, 0.2) is 0 Å². The van der Waals surface area contributed by atoms with Crippen molar-refractivity contribution < 1.29 is 0 Å². The number of likely N-dealkylation sites (tertiary alicyclic amines) is 1. The second kappa shape index (κ2) is 2.71. The molecule has 1 saturated heterocycles. The van der Waals surface area contributed by atoms with Crippen LogP contribution in [0.1, 0.15) is 32.1 Å². The Morgan fingerprint density at radius 3 is 2.69 bits per heavy atom. The van der Waals surface area contributed by atoms with Crippen molar-refractivity contribution in [1.82, 2.24) is 10.2 Å². The van der Waals surface area contributed by atoms with Gasteiger partial charge in [0.1, 0.15) is 0 Å². The maximum Gasteiger partial charge on any atom is 0.0212 e. The zero-order valence-corrected chi connectivity index (χ0v) is 8.55. The minimum Gasteiger partial charge on any atom is -0.307 e. The summed E-state index contributed by atoms with van der Waals surface area (Å²) in [4.78, 5) is 2.44. The summed E-state index contributed by atoms with van der Waals surface area (Å²) in [5, 5.41) is 3.91. The maximum absolute atomic E-state index is 3.91. The lowest BCUT2D eigenvalue weighted by atomic mass is 9.76. The van der Waals surface area contributed by atoms with E-state index in [-0.39, 0.29) is 0 Å². The van der Waals surface area contributed by atoms with Gasteiger partial charge in [-0.15, -0.1) is 0 Å².